The molecule has 0 spiro atoms. The monoisotopic (exact) mass is 534 g/mol. The van der Waals surface area contributed by atoms with E-state index >= 15 is 0 Å². The molecule has 2 aromatic carbocycles. The quantitative estimate of drug-likeness (QED) is 0.328. The summed E-state index contributed by atoms with van der Waals surface area (Å²) in [5, 5.41) is 1.89. The minimum absolute atomic E-state index is 0.0875. The molecule has 2 heterocycles. The normalized spacial score (nSPS) is 15.5. The second-order valence-electron chi connectivity index (χ2n) is 8.85. The van der Waals surface area contributed by atoms with Gasteiger partial charge in [0.05, 0.1) is 18.2 Å². The molecular weight excluding hydrogens is 508 g/mol. The molecule has 0 bridgehead atoms. The van der Waals surface area contributed by atoms with Crippen molar-refractivity contribution in [2.24, 2.45) is 0 Å². The number of rotatable bonds is 9. The second-order valence-corrected chi connectivity index (χ2v) is 9.89. The maximum absolute atomic E-state index is 13.5. The molecule has 0 radical (unpaired) electrons. The highest BCUT2D eigenvalue weighted by Crippen LogP contribution is 2.30. The van der Waals surface area contributed by atoms with Gasteiger partial charge in [0.2, 0.25) is 5.91 Å². The SMILES string of the molecule is O=C(CN(C[C@@H]1CCCO1)C(=O)c1cccc(C(F)(F)F)c1)N(Cc1ccc(F)cc1)Cc1cccs1. The lowest BCUT2D eigenvalue weighted by Crippen LogP contribution is -2.45. The summed E-state index contributed by atoms with van der Waals surface area (Å²) >= 11 is 1.47. The maximum atomic E-state index is 13.5. The zero-order chi connectivity index (χ0) is 26.4. The van der Waals surface area contributed by atoms with Crippen LogP contribution >= 0.6 is 11.3 Å². The molecule has 5 nitrogen and oxygen atoms in total. The van der Waals surface area contributed by atoms with E-state index in [9.17, 15) is 27.2 Å². The number of carbonyl (C=O) groups is 2. The van der Waals surface area contributed by atoms with E-state index in [2.05, 4.69) is 0 Å². The van der Waals surface area contributed by atoms with Gasteiger partial charge in [0.1, 0.15) is 12.4 Å². The Balaban J connectivity index is 1.57. The molecular formula is C27H26F4N2O3S. The van der Waals surface area contributed by atoms with E-state index in [4.69, 9.17) is 4.74 Å². The first-order valence-electron chi connectivity index (χ1n) is 11.8. The maximum Gasteiger partial charge on any atom is 0.416 e. The van der Waals surface area contributed by atoms with Crippen LogP contribution < -0.4 is 0 Å². The van der Waals surface area contributed by atoms with Crippen LogP contribution in [0.3, 0.4) is 0 Å². The van der Waals surface area contributed by atoms with Crippen molar-refractivity contribution in [3.8, 4) is 0 Å². The molecule has 1 saturated heterocycles. The summed E-state index contributed by atoms with van der Waals surface area (Å²) in [5.74, 6) is -1.45. The summed E-state index contributed by atoms with van der Waals surface area (Å²) in [6, 6.07) is 13.7. The molecule has 196 valence electrons. The number of alkyl halides is 3. The molecule has 1 atom stereocenters. The fourth-order valence-corrected chi connectivity index (χ4v) is 4.88. The summed E-state index contributed by atoms with van der Waals surface area (Å²) < 4.78 is 58.8. The highest BCUT2D eigenvalue weighted by Gasteiger charge is 2.32. The van der Waals surface area contributed by atoms with Crippen molar-refractivity contribution in [2.75, 3.05) is 19.7 Å². The number of hydrogen-bond acceptors (Lipinski definition) is 4. The van der Waals surface area contributed by atoms with Crippen LogP contribution in [0, 0.1) is 5.82 Å². The molecule has 1 aromatic heterocycles. The van der Waals surface area contributed by atoms with Crippen molar-refractivity contribution in [3.05, 3.63) is 93.4 Å². The van der Waals surface area contributed by atoms with Crippen molar-refractivity contribution < 1.29 is 31.9 Å². The number of amides is 2. The van der Waals surface area contributed by atoms with Crippen LogP contribution in [0.1, 0.15) is 39.2 Å². The Morgan fingerprint density at radius 1 is 1.00 bits per heavy atom. The van der Waals surface area contributed by atoms with E-state index in [0.717, 1.165) is 23.4 Å². The molecule has 0 N–H and O–H groups in total. The minimum atomic E-state index is -4.60. The number of halogens is 4. The van der Waals surface area contributed by atoms with Crippen LogP contribution in [0.25, 0.3) is 0 Å². The summed E-state index contributed by atoms with van der Waals surface area (Å²) in [6.45, 7) is 0.743. The molecule has 4 rings (SSSR count). The summed E-state index contributed by atoms with van der Waals surface area (Å²) in [7, 11) is 0. The van der Waals surface area contributed by atoms with E-state index in [1.165, 1.54) is 40.5 Å². The van der Waals surface area contributed by atoms with Crippen molar-refractivity contribution in [1.82, 2.24) is 9.80 Å². The largest absolute Gasteiger partial charge is 0.416 e. The summed E-state index contributed by atoms with van der Waals surface area (Å²) in [4.78, 5) is 30.6. The van der Waals surface area contributed by atoms with Gasteiger partial charge in [0.25, 0.3) is 5.91 Å². The molecule has 0 aliphatic carbocycles. The van der Waals surface area contributed by atoms with Crippen LogP contribution in [0.4, 0.5) is 17.6 Å². The lowest BCUT2D eigenvalue weighted by molar-refractivity contribution is -0.137. The zero-order valence-electron chi connectivity index (χ0n) is 19.9. The van der Waals surface area contributed by atoms with Crippen molar-refractivity contribution in [2.45, 2.75) is 38.2 Å². The first-order valence-corrected chi connectivity index (χ1v) is 12.7. The van der Waals surface area contributed by atoms with E-state index in [1.54, 1.807) is 17.0 Å². The molecule has 1 fully saturated rings. The number of ether oxygens (including phenoxy) is 1. The van der Waals surface area contributed by atoms with Crippen LogP contribution in [-0.2, 0) is 28.8 Å². The highest BCUT2D eigenvalue weighted by molar-refractivity contribution is 7.09. The Kier molecular flexibility index (Phi) is 8.60. The van der Waals surface area contributed by atoms with Crippen molar-refractivity contribution >= 4 is 23.2 Å². The van der Waals surface area contributed by atoms with Gasteiger partial charge in [-0.3, -0.25) is 9.59 Å². The van der Waals surface area contributed by atoms with Crippen molar-refractivity contribution in [1.29, 1.82) is 0 Å². The van der Waals surface area contributed by atoms with Crippen LogP contribution in [0.15, 0.2) is 66.0 Å². The minimum Gasteiger partial charge on any atom is -0.376 e. The first kappa shape index (κ1) is 26.8. The molecule has 1 aliphatic rings. The molecule has 10 heteroatoms. The van der Waals surface area contributed by atoms with Gasteiger partial charge < -0.3 is 14.5 Å². The fraction of sp³-hybridized carbons (Fsp3) is 0.333. The third kappa shape index (κ3) is 7.39. The van der Waals surface area contributed by atoms with Gasteiger partial charge in [-0.25, -0.2) is 4.39 Å². The zero-order valence-corrected chi connectivity index (χ0v) is 20.7. The lowest BCUT2D eigenvalue weighted by atomic mass is 10.1. The number of carbonyl (C=O) groups excluding carboxylic acids is 2. The van der Waals surface area contributed by atoms with E-state index in [0.29, 0.717) is 18.6 Å². The summed E-state index contributed by atoms with van der Waals surface area (Å²) in [6.07, 6.45) is -3.41. The Hall–Kier alpha value is -3.24. The molecule has 3 aromatic rings. The standard InChI is InChI=1S/C27H26F4N2O3S/c28-22-10-8-19(9-11-22)15-32(17-24-7-3-13-37-24)25(34)18-33(16-23-6-2-12-36-23)26(35)20-4-1-5-21(14-20)27(29,30)31/h1,3-5,7-11,13-14,23H,2,6,12,15-18H2/t23-/m0/s1. The van der Waals surface area contributed by atoms with E-state index in [-0.39, 0.29) is 43.8 Å². The Labute approximate surface area is 216 Å². The molecule has 37 heavy (non-hydrogen) atoms. The van der Waals surface area contributed by atoms with E-state index in [1.807, 2.05) is 17.5 Å². The number of hydrogen-bond donors (Lipinski definition) is 0. The Bertz CT molecular complexity index is 1190. The van der Waals surface area contributed by atoms with Crippen LogP contribution in [0.2, 0.25) is 0 Å². The van der Waals surface area contributed by atoms with Gasteiger partial charge >= 0.3 is 6.18 Å². The average molecular weight is 535 g/mol. The Morgan fingerprint density at radius 3 is 2.43 bits per heavy atom. The molecule has 0 saturated carbocycles. The third-order valence-corrected chi connectivity index (χ3v) is 6.93. The number of thiophene rings is 1. The number of benzene rings is 2. The van der Waals surface area contributed by atoms with Crippen molar-refractivity contribution in [3.63, 3.8) is 0 Å². The van der Waals surface area contributed by atoms with Gasteiger partial charge in [-0.05, 0) is 60.2 Å². The second kappa shape index (κ2) is 11.9. The lowest BCUT2D eigenvalue weighted by Gasteiger charge is -2.29. The summed E-state index contributed by atoms with van der Waals surface area (Å²) in [5.41, 5.74) is -0.373. The first-order chi connectivity index (χ1) is 17.7. The van der Waals surface area contributed by atoms with Gasteiger partial charge in [0.15, 0.2) is 0 Å². The third-order valence-electron chi connectivity index (χ3n) is 6.06. The molecule has 2 amide bonds. The molecule has 1 aliphatic heterocycles. The smallest absolute Gasteiger partial charge is 0.376 e. The molecule has 0 unspecified atom stereocenters. The predicted molar refractivity (Wildman–Crippen MR) is 131 cm³/mol. The highest BCUT2D eigenvalue weighted by atomic mass is 32.1. The van der Waals surface area contributed by atoms with Gasteiger partial charge in [-0.15, -0.1) is 11.3 Å². The van der Waals surface area contributed by atoms with Crippen LogP contribution in [0.5, 0.6) is 0 Å². The van der Waals surface area contributed by atoms with E-state index < -0.39 is 23.5 Å². The predicted octanol–water partition coefficient (Wildman–Crippen LogP) is 5.76. The van der Waals surface area contributed by atoms with Gasteiger partial charge in [0, 0.05) is 30.1 Å². The van der Waals surface area contributed by atoms with Gasteiger partial charge in [-0.1, -0.05) is 24.3 Å². The average Bonchev–Trinajstić information content (AvgIpc) is 3.58. The number of nitrogens with zero attached hydrogens (tertiary/aromatic N) is 2. The Morgan fingerprint density at radius 2 is 1.78 bits per heavy atom. The van der Waals surface area contributed by atoms with Crippen LogP contribution in [-0.4, -0.2) is 47.4 Å². The van der Waals surface area contributed by atoms with Gasteiger partial charge in [-0.2, -0.15) is 13.2 Å². The fourth-order valence-electron chi connectivity index (χ4n) is 4.16. The topological polar surface area (TPSA) is 49.9 Å².